The number of fused-ring (bicyclic) bond motifs is 1. The van der Waals surface area contributed by atoms with E-state index in [2.05, 4.69) is 56.7 Å². The molecule has 1 nitrogen and oxygen atoms in total. The largest absolute Gasteiger partial charge is 0.192 e. The van der Waals surface area contributed by atoms with E-state index >= 15 is 0 Å². The van der Waals surface area contributed by atoms with Crippen molar-refractivity contribution >= 4 is 59.9 Å². The molecule has 0 unspecified atom stereocenters. The second-order valence-electron chi connectivity index (χ2n) is 2.81. The number of thiophene rings is 1. The summed E-state index contributed by atoms with van der Waals surface area (Å²) < 4.78 is 2.41. The van der Waals surface area contributed by atoms with E-state index in [-0.39, 0.29) is 0 Å². The van der Waals surface area contributed by atoms with Gasteiger partial charge in [0.25, 0.3) is 0 Å². The maximum Gasteiger partial charge on any atom is 0.100 e. The third kappa shape index (κ3) is 1.69. The van der Waals surface area contributed by atoms with Gasteiger partial charge >= 0.3 is 0 Å². The zero-order valence-corrected chi connectivity index (χ0v) is 11.6. The van der Waals surface area contributed by atoms with Crippen molar-refractivity contribution in [3.63, 3.8) is 0 Å². The first-order valence-corrected chi connectivity index (χ1v) is 6.95. The highest BCUT2D eigenvalue weighted by atomic mass is 127. The molecule has 0 aliphatic carbocycles. The third-order valence-corrected chi connectivity index (χ3v) is 4.48. The summed E-state index contributed by atoms with van der Waals surface area (Å²) in [4.78, 5) is 0. The molecule has 2 rings (SSSR count). The highest BCUT2D eigenvalue weighted by Gasteiger charge is 2.08. The Morgan fingerprint density at radius 2 is 2.29 bits per heavy atom. The number of halogens is 2. The smallest absolute Gasteiger partial charge is 0.100 e. The van der Waals surface area contributed by atoms with Crippen molar-refractivity contribution in [3.05, 3.63) is 32.2 Å². The van der Waals surface area contributed by atoms with Crippen LogP contribution in [0.5, 0.6) is 0 Å². The minimum absolute atomic E-state index is 0.734. The Hall–Kier alpha value is -0.120. The summed E-state index contributed by atoms with van der Waals surface area (Å²) in [5.41, 5.74) is 1.87. The van der Waals surface area contributed by atoms with Crippen LogP contribution in [-0.2, 0) is 5.33 Å². The minimum atomic E-state index is 0.734. The number of alkyl halides is 1. The summed E-state index contributed by atoms with van der Waals surface area (Å²) in [5.74, 6) is 0. The Bertz CT molecular complexity index is 527. The third-order valence-electron chi connectivity index (χ3n) is 2.01. The van der Waals surface area contributed by atoms with Crippen LogP contribution in [0.2, 0.25) is 0 Å². The highest BCUT2D eigenvalue weighted by Crippen LogP contribution is 2.31. The number of rotatable bonds is 1. The van der Waals surface area contributed by atoms with Crippen LogP contribution in [0.15, 0.2) is 18.2 Å². The lowest BCUT2D eigenvalue weighted by atomic mass is 10.1. The summed E-state index contributed by atoms with van der Waals surface area (Å²) in [6.07, 6.45) is 0. The molecule has 1 aromatic heterocycles. The maximum atomic E-state index is 9.09. The van der Waals surface area contributed by atoms with Crippen LogP contribution in [0.25, 0.3) is 10.1 Å². The second kappa shape index (κ2) is 4.17. The van der Waals surface area contributed by atoms with E-state index in [4.69, 9.17) is 5.26 Å². The quantitative estimate of drug-likeness (QED) is 0.537. The van der Waals surface area contributed by atoms with Crippen molar-refractivity contribution in [2.75, 3.05) is 0 Å². The monoisotopic (exact) mass is 377 g/mol. The summed E-state index contributed by atoms with van der Waals surface area (Å²) >= 11 is 7.40. The maximum absolute atomic E-state index is 9.09. The number of hydrogen-bond acceptors (Lipinski definition) is 2. The van der Waals surface area contributed by atoms with Crippen LogP contribution in [0.1, 0.15) is 11.1 Å². The van der Waals surface area contributed by atoms with Gasteiger partial charge in [-0.25, -0.2) is 0 Å². The topological polar surface area (TPSA) is 23.8 Å². The van der Waals surface area contributed by atoms with E-state index in [0.717, 1.165) is 21.8 Å². The Morgan fingerprint density at radius 1 is 1.50 bits per heavy atom. The Kier molecular flexibility index (Phi) is 3.10. The zero-order valence-electron chi connectivity index (χ0n) is 7.05. The van der Waals surface area contributed by atoms with Gasteiger partial charge < -0.3 is 0 Å². The van der Waals surface area contributed by atoms with Gasteiger partial charge in [0.05, 0.1) is 8.45 Å². The van der Waals surface area contributed by atoms with Gasteiger partial charge in [-0.3, -0.25) is 0 Å². The molecule has 0 saturated heterocycles. The average Bonchev–Trinajstić information content (AvgIpc) is 2.56. The lowest BCUT2D eigenvalue weighted by Gasteiger charge is -1.99. The van der Waals surface area contributed by atoms with Gasteiger partial charge in [0.2, 0.25) is 0 Å². The van der Waals surface area contributed by atoms with Crippen molar-refractivity contribution in [2.45, 2.75) is 5.33 Å². The first kappa shape index (κ1) is 10.4. The minimum Gasteiger partial charge on any atom is -0.192 e. The molecule has 0 aliphatic heterocycles. The predicted molar refractivity (Wildman–Crippen MR) is 71.9 cm³/mol. The van der Waals surface area contributed by atoms with Crippen molar-refractivity contribution < 1.29 is 0 Å². The fourth-order valence-corrected chi connectivity index (χ4v) is 3.65. The lowest BCUT2D eigenvalue weighted by Crippen LogP contribution is -1.85. The summed E-state index contributed by atoms with van der Waals surface area (Å²) in [6, 6.07) is 8.45. The molecule has 14 heavy (non-hydrogen) atoms. The summed E-state index contributed by atoms with van der Waals surface area (Å²) in [7, 11) is 0. The van der Waals surface area contributed by atoms with Gasteiger partial charge in [-0.2, -0.15) is 5.26 Å². The molecule has 0 fully saturated rings. The van der Waals surface area contributed by atoms with Gasteiger partial charge in [-0.1, -0.05) is 22.0 Å². The van der Waals surface area contributed by atoms with E-state index in [1.807, 2.05) is 6.07 Å². The van der Waals surface area contributed by atoms with Crippen LogP contribution in [0, 0.1) is 14.2 Å². The van der Waals surface area contributed by atoms with E-state index in [0.29, 0.717) is 0 Å². The summed E-state index contributed by atoms with van der Waals surface area (Å²) in [6.45, 7) is 0. The fourth-order valence-electron chi connectivity index (χ4n) is 1.37. The van der Waals surface area contributed by atoms with E-state index < -0.39 is 0 Å². The van der Waals surface area contributed by atoms with Gasteiger partial charge in [-0.05, 0) is 40.3 Å². The van der Waals surface area contributed by atoms with Crippen LogP contribution in [0.4, 0.5) is 0 Å². The van der Waals surface area contributed by atoms with Crippen LogP contribution < -0.4 is 0 Å². The van der Waals surface area contributed by atoms with Gasteiger partial charge in [0, 0.05) is 15.4 Å². The molecule has 0 N–H and O–H groups in total. The lowest BCUT2D eigenvalue weighted by molar-refractivity contribution is 1.40. The van der Waals surface area contributed by atoms with Crippen molar-refractivity contribution in [1.29, 1.82) is 5.26 Å². The standard InChI is InChI=1S/C10H5BrINS/c11-4-6-1-2-9-7(8(6)5-13)3-10(12)14-9/h1-3H,4H2. The molecule has 2 aromatic rings. The Labute approximate surface area is 108 Å². The average molecular weight is 378 g/mol. The molecular formula is C10H5BrINS. The number of hydrogen-bond donors (Lipinski definition) is 0. The second-order valence-corrected chi connectivity index (χ2v) is 6.35. The molecule has 4 heteroatoms. The molecule has 0 atom stereocenters. The zero-order chi connectivity index (χ0) is 10.1. The SMILES string of the molecule is N#Cc1c(CBr)ccc2sc(I)cc12. The van der Waals surface area contributed by atoms with E-state index in [1.165, 1.54) is 7.58 Å². The molecule has 0 spiro atoms. The molecule has 0 bridgehead atoms. The number of benzene rings is 1. The molecule has 1 aromatic carbocycles. The highest BCUT2D eigenvalue weighted by molar-refractivity contribution is 14.1. The molecule has 0 amide bonds. The molecule has 0 aliphatic rings. The first-order chi connectivity index (χ1) is 6.76. The molecule has 70 valence electrons. The molecular weight excluding hydrogens is 373 g/mol. The van der Waals surface area contributed by atoms with Crippen molar-refractivity contribution in [1.82, 2.24) is 0 Å². The fraction of sp³-hybridized carbons (Fsp3) is 0.100. The number of nitrogens with zero attached hydrogens (tertiary/aromatic N) is 1. The predicted octanol–water partition coefficient (Wildman–Crippen LogP) is 4.27. The first-order valence-electron chi connectivity index (χ1n) is 3.93. The van der Waals surface area contributed by atoms with Gasteiger partial charge in [0.1, 0.15) is 6.07 Å². The van der Waals surface area contributed by atoms with Crippen LogP contribution in [-0.4, -0.2) is 0 Å². The van der Waals surface area contributed by atoms with E-state index in [9.17, 15) is 0 Å². The normalized spacial score (nSPS) is 10.4. The van der Waals surface area contributed by atoms with Gasteiger partial charge in [0.15, 0.2) is 0 Å². The Morgan fingerprint density at radius 3 is 2.93 bits per heavy atom. The van der Waals surface area contributed by atoms with E-state index in [1.54, 1.807) is 11.3 Å². The molecule has 1 heterocycles. The van der Waals surface area contributed by atoms with Crippen molar-refractivity contribution in [2.24, 2.45) is 0 Å². The molecule has 0 radical (unpaired) electrons. The van der Waals surface area contributed by atoms with Crippen molar-refractivity contribution in [3.8, 4) is 6.07 Å². The van der Waals surface area contributed by atoms with Gasteiger partial charge in [-0.15, -0.1) is 11.3 Å². The molecule has 0 saturated carbocycles. The number of nitriles is 1. The Balaban J connectivity index is 2.84. The van der Waals surface area contributed by atoms with Crippen LogP contribution >= 0.6 is 49.9 Å². The summed E-state index contributed by atoms with van der Waals surface area (Å²) in [5, 5.41) is 10.9. The van der Waals surface area contributed by atoms with Crippen LogP contribution in [0.3, 0.4) is 0 Å².